The summed E-state index contributed by atoms with van der Waals surface area (Å²) in [6, 6.07) is 3.91. The molecule has 0 saturated heterocycles. The SMILES string of the molecule is CCN(CC)CCN(C(=O)C1=COCCO1)c1nc2c(OC)ccc(C)c2s1. The standard InChI is InChI=1S/C20H27N3O4S/c1-5-22(6-2)9-10-23(19(24)16-13-26-11-12-27-16)20-21-17-15(25-4)8-7-14(3)18(17)28-20/h7-8,13H,5-6,9-12H2,1-4H3. The summed E-state index contributed by atoms with van der Waals surface area (Å²) in [7, 11) is 1.63. The van der Waals surface area contributed by atoms with Crippen molar-refractivity contribution in [3.63, 3.8) is 0 Å². The zero-order valence-electron chi connectivity index (χ0n) is 16.9. The van der Waals surface area contributed by atoms with Crippen molar-refractivity contribution >= 4 is 32.6 Å². The van der Waals surface area contributed by atoms with Crippen LogP contribution in [0.3, 0.4) is 0 Å². The molecule has 0 fully saturated rings. The molecule has 1 amide bonds. The molecule has 0 aliphatic carbocycles. The smallest absolute Gasteiger partial charge is 0.298 e. The molecule has 152 valence electrons. The van der Waals surface area contributed by atoms with Crippen molar-refractivity contribution < 1.29 is 19.0 Å². The number of ether oxygens (including phenoxy) is 3. The molecule has 1 aromatic carbocycles. The molecular formula is C20H27N3O4S. The van der Waals surface area contributed by atoms with Gasteiger partial charge >= 0.3 is 0 Å². The van der Waals surface area contributed by atoms with E-state index < -0.39 is 0 Å². The summed E-state index contributed by atoms with van der Waals surface area (Å²) in [5, 5.41) is 0.634. The van der Waals surface area contributed by atoms with Crippen LogP contribution < -0.4 is 9.64 Å². The summed E-state index contributed by atoms with van der Waals surface area (Å²) < 4.78 is 17.3. The maximum absolute atomic E-state index is 13.2. The molecule has 2 aromatic rings. The number of carbonyl (C=O) groups excluding carboxylic acids is 1. The largest absolute Gasteiger partial charge is 0.494 e. The van der Waals surface area contributed by atoms with Crippen LogP contribution in [0.5, 0.6) is 5.75 Å². The van der Waals surface area contributed by atoms with Crippen molar-refractivity contribution in [3.8, 4) is 5.75 Å². The van der Waals surface area contributed by atoms with Gasteiger partial charge in [0.05, 0.1) is 11.8 Å². The van der Waals surface area contributed by atoms with Gasteiger partial charge in [0, 0.05) is 13.1 Å². The fourth-order valence-electron chi connectivity index (χ4n) is 3.06. The number of aromatic nitrogens is 1. The minimum absolute atomic E-state index is 0.216. The number of nitrogens with zero attached hydrogens (tertiary/aromatic N) is 3. The Morgan fingerprint density at radius 2 is 2.04 bits per heavy atom. The van der Waals surface area contributed by atoms with Crippen LogP contribution in [0.4, 0.5) is 5.13 Å². The van der Waals surface area contributed by atoms with Crippen LogP contribution >= 0.6 is 11.3 Å². The molecule has 2 heterocycles. The Labute approximate surface area is 169 Å². The number of likely N-dealkylation sites (N-methyl/N-ethyl adjacent to an activating group) is 1. The van der Waals surface area contributed by atoms with Crippen molar-refractivity contribution in [2.45, 2.75) is 20.8 Å². The van der Waals surface area contributed by atoms with E-state index in [9.17, 15) is 4.79 Å². The average molecular weight is 406 g/mol. The van der Waals surface area contributed by atoms with Gasteiger partial charge in [-0.15, -0.1) is 0 Å². The first-order valence-corrected chi connectivity index (χ1v) is 10.3. The van der Waals surface area contributed by atoms with E-state index in [4.69, 9.17) is 19.2 Å². The molecule has 0 saturated carbocycles. The number of fused-ring (bicyclic) bond motifs is 1. The van der Waals surface area contributed by atoms with Crippen LogP contribution in [0, 0.1) is 6.92 Å². The Hall–Kier alpha value is -2.32. The van der Waals surface area contributed by atoms with Gasteiger partial charge in [0.25, 0.3) is 5.91 Å². The summed E-state index contributed by atoms with van der Waals surface area (Å²) in [6.45, 7) is 10.2. The highest BCUT2D eigenvalue weighted by Gasteiger charge is 2.27. The lowest BCUT2D eigenvalue weighted by molar-refractivity contribution is -0.119. The molecule has 3 rings (SSSR count). The summed E-state index contributed by atoms with van der Waals surface area (Å²) in [6.07, 6.45) is 1.40. The number of benzene rings is 1. The van der Waals surface area contributed by atoms with Crippen LogP contribution in [0.15, 0.2) is 24.2 Å². The number of carbonyl (C=O) groups is 1. The molecule has 0 bridgehead atoms. The molecule has 1 aromatic heterocycles. The van der Waals surface area contributed by atoms with E-state index in [1.165, 1.54) is 17.6 Å². The van der Waals surface area contributed by atoms with Gasteiger partial charge in [0.2, 0.25) is 5.76 Å². The first kappa shape index (κ1) is 20.4. The van der Waals surface area contributed by atoms with Gasteiger partial charge in [0.15, 0.2) is 5.13 Å². The Kier molecular flexibility index (Phi) is 6.74. The third kappa shape index (κ3) is 4.23. The highest BCUT2D eigenvalue weighted by atomic mass is 32.1. The van der Waals surface area contributed by atoms with E-state index in [0.29, 0.717) is 30.6 Å². The molecule has 0 radical (unpaired) electrons. The Morgan fingerprint density at radius 3 is 2.68 bits per heavy atom. The summed E-state index contributed by atoms with van der Waals surface area (Å²) in [4.78, 5) is 21.9. The highest BCUT2D eigenvalue weighted by molar-refractivity contribution is 7.22. The molecular weight excluding hydrogens is 378 g/mol. The van der Waals surface area contributed by atoms with Crippen LogP contribution in [0.1, 0.15) is 19.4 Å². The number of methoxy groups -OCH3 is 1. The number of thiazole rings is 1. The normalized spacial score (nSPS) is 13.8. The monoisotopic (exact) mass is 405 g/mol. The first-order chi connectivity index (χ1) is 13.6. The second-order valence-electron chi connectivity index (χ2n) is 6.44. The van der Waals surface area contributed by atoms with Crippen LogP contribution in [-0.4, -0.2) is 62.3 Å². The number of hydrogen-bond donors (Lipinski definition) is 0. The van der Waals surface area contributed by atoms with Gasteiger partial charge < -0.3 is 19.1 Å². The van der Waals surface area contributed by atoms with Gasteiger partial charge in [-0.05, 0) is 31.6 Å². The molecule has 7 nitrogen and oxygen atoms in total. The fraction of sp³-hybridized carbons (Fsp3) is 0.500. The van der Waals surface area contributed by atoms with Gasteiger partial charge in [-0.1, -0.05) is 31.3 Å². The summed E-state index contributed by atoms with van der Waals surface area (Å²) in [5.41, 5.74) is 1.88. The Morgan fingerprint density at radius 1 is 1.25 bits per heavy atom. The molecule has 8 heteroatoms. The van der Waals surface area contributed by atoms with Gasteiger partial charge in [-0.25, -0.2) is 4.98 Å². The fourth-order valence-corrected chi connectivity index (χ4v) is 4.13. The lowest BCUT2D eigenvalue weighted by Crippen LogP contribution is -2.40. The highest BCUT2D eigenvalue weighted by Crippen LogP contribution is 2.36. The number of amides is 1. The predicted octanol–water partition coefficient (Wildman–Crippen LogP) is 3.18. The summed E-state index contributed by atoms with van der Waals surface area (Å²) in [5.74, 6) is 0.687. The van der Waals surface area contributed by atoms with Crippen molar-refractivity contribution in [1.82, 2.24) is 9.88 Å². The third-order valence-corrected chi connectivity index (χ3v) is 6.00. The lowest BCUT2D eigenvalue weighted by Gasteiger charge is -2.26. The maximum Gasteiger partial charge on any atom is 0.298 e. The number of aryl methyl sites for hydroxylation is 1. The van der Waals surface area contributed by atoms with E-state index in [1.54, 1.807) is 12.0 Å². The summed E-state index contributed by atoms with van der Waals surface area (Å²) >= 11 is 1.49. The molecule has 0 spiro atoms. The van der Waals surface area contributed by atoms with Crippen LogP contribution in [0.25, 0.3) is 10.2 Å². The maximum atomic E-state index is 13.2. The van der Waals surface area contributed by atoms with Gasteiger partial charge in [0.1, 0.15) is 30.7 Å². The quantitative estimate of drug-likeness (QED) is 0.672. The molecule has 0 N–H and O–H groups in total. The number of anilines is 1. The lowest BCUT2D eigenvalue weighted by atomic mass is 10.2. The van der Waals surface area contributed by atoms with Gasteiger partial charge in [-0.2, -0.15) is 0 Å². The topological polar surface area (TPSA) is 64.1 Å². The van der Waals surface area contributed by atoms with E-state index in [2.05, 4.69) is 18.7 Å². The van der Waals surface area contributed by atoms with Crippen molar-refractivity contribution in [1.29, 1.82) is 0 Å². The van der Waals surface area contributed by atoms with Crippen molar-refractivity contribution in [3.05, 3.63) is 29.7 Å². The number of hydrogen-bond acceptors (Lipinski definition) is 7. The van der Waals surface area contributed by atoms with E-state index >= 15 is 0 Å². The average Bonchev–Trinajstić information content (AvgIpc) is 3.18. The molecule has 0 atom stereocenters. The molecule has 1 aliphatic rings. The van der Waals surface area contributed by atoms with E-state index in [0.717, 1.165) is 35.4 Å². The van der Waals surface area contributed by atoms with Crippen LogP contribution in [-0.2, 0) is 14.3 Å². The zero-order valence-corrected chi connectivity index (χ0v) is 17.7. The second kappa shape index (κ2) is 9.25. The Bertz CT molecular complexity index is 860. The third-order valence-electron chi connectivity index (χ3n) is 4.78. The Balaban J connectivity index is 1.97. The zero-order chi connectivity index (χ0) is 20.1. The first-order valence-electron chi connectivity index (χ1n) is 9.51. The molecule has 0 unspecified atom stereocenters. The molecule has 28 heavy (non-hydrogen) atoms. The second-order valence-corrected chi connectivity index (χ2v) is 7.42. The van der Waals surface area contributed by atoms with Gasteiger partial charge in [-0.3, -0.25) is 9.69 Å². The molecule has 1 aliphatic heterocycles. The van der Waals surface area contributed by atoms with Crippen molar-refractivity contribution in [2.24, 2.45) is 0 Å². The van der Waals surface area contributed by atoms with E-state index in [-0.39, 0.29) is 11.7 Å². The number of rotatable bonds is 8. The van der Waals surface area contributed by atoms with Crippen LogP contribution in [0.2, 0.25) is 0 Å². The van der Waals surface area contributed by atoms with E-state index in [1.807, 2.05) is 19.1 Å². The van der Waals surface area contributed by atoms with Crippen molar-refractivity contribution in [2.75, 3.05) is 51.4 Å². The minimum atomic E-state index is -0.234. The predicted molar refractivity (Wildman–Crippen MR) is 111 cm³/mol. The minimum Gasteiger partial charge on any atom is -0.494 e.